The van der Waals surface area contributed by atoms with Crippen LogP contribution in [-0.4, -0.2) is 27.0 Å². The predicted molar refractivity (Wildman–Crippen MR) is 108 cm³/mol. The van der Waals surface area contributed by atoms with E-state index in [0.29, 0.717) is 6.04 Å². The van der Waals surface area contributed by atoms with Crippen LogP contribution in [0.3, 0.4) is 0 Å². The summed E-state index contributed by atoms with van der Waals surface area (Å²) in [5, 5.41) is 18.3. The number of nitrogens with one attached hydrogen (secondary N) is 1. The Morgan fingerprint density at radius 3 is 2.30 bits per heavy atom. The molecule has 1 aliphatic rings. The van der Waals surface area contributed by atoms with Gasteiger partial charge in [-0.2, -0.15) is 5.10 Å². The third-order valence-electron chi connectivity index (χ3n) is 5.35. The van der Waals surface area contributed by atoms with Crippen molar-refractivity contribution in [1.29, 1.82) is 0 Å². The van der Waals surface area contributed by atoms with E-state index in [1.54, 1.807) is 0 Å². The molecule has 1 aromatic heterocycles. The molecule has 140 valence electrons. The summed E-state index contributed by atoms with van der Waals surface area (Å²) in [7, 11) is 0. The third kappa shape index (κ3) is 4.65. The Balaban J connectivity index is 1.53. The normalized spacial score (nSPS) is 19.9. The van der Waals surface area contributed by atoms with Gasteiger partial charge in [-0.25, -0.2) is 0 Å². The largest absolute Gasteiger partial charge is 0.393 e. The third-order valence-corrected chi connectivity index (χ3v) is 5.35. The SMILES string of the molecule is OC1CCC(NCc2cn(Cc3ccccc3)nc2-c2ccccc2)CC1. The molecule has 27 heavy (non-hydrogen) atoms. The first-order valence-electron chi connectivity index (χ1n) is 9.85. The van der Waals surface area contributed by atoms with Crippen LogP contribution in [0.4, 0.5) is 0 Å². The number of aliphatic hydroxyl groups is 1. The first-order chi connectivity index (χ1) is 13.3. The van der Waals surface area contributed by atoms with Crippen molar-refractivity contribution in [2.75, 3.05) is 0 Å². The quantitative estimate of drug-likeness (QED) is 0.698. The molecule has 0 aliphatic heterocycles. The average molecular weight is 361 g/mol. The first kappa shape index (κ1) is 18.0. The molecular formula is C23H27N3O. The van der Waals surface area contributed by atoms with E-state index < -0.39 is 0 Å². The van der Waals surface area contributed by atoms with Crippen molar-refractivity contribution >= 4 is 0 Å². The highest BCUT2D eigenvalue weighted by molar-refractivity contribution is 5.62. The van der Waals surface area contributed by atoms with E-state index in [0.717, 1.165) is 50.0 Å². The minimum Gasteiger partial charge on any atom is -0.393 e. The molecule has 4 nitrogen and oxygen atoms in total. The molecule has 2 N–H and O–H groups in total. The molecule has 1 saturated carbocycles. The van der Waals surface area contributed by atoms with Crippen molar-refractivity contribution in [2.45, 2.75) is 50.9 Å². The molecule has 0 saturated heterocycles. The summed E-state index contributed by atoms with van der Waals surface area (Å²) in [5.41, 5.74) is 4.68. The van der Waals surface area contributed by atoms with E-state index in [-0.39, 0.29) is 6.10 Å². The minimum absolute atomic E-state index is 0.114. The summed E-state index contributed by atoms with van der Waals surface area (Å²) in [4.78, 5) is 0. The molecule has 4 heteroatoms. The van der Waals surface area contributed by atoms with Crippen molar-refractivity contribution < 1.29 is 5.11 Å². The highest BCUT2D eigenvalue weighted by atomic mass is 16.3. The monoisotopic (exact) mass is 361 g/mol. The van der Waals surface area contributed by atoms with Gasteiger partial charge in [-0.15, -0.1) is 0 Å². The second-order valence-corrected chi connectivity index (χ2v) is 7.44. The zero-order valence-electron chi connectivity index (χ0n) is 15.6. The van der Waals surface area contributed by atoms with Gasteiger partial charge in [-0.1, -0.05) is 60.7 Å². The lowest BCUT2D eigenvalue weighted by Gasteiger charge is -2.26. The summed E-state index contributed by atoms with van der Waals surface area (Å²) < 4.78 is 2.04. The topological polar surface area (TPSA) is 50.1 Å². The Bertz CT molecular complexity index is 837. The summed E-state index contributed by atoms with van der Waals surface area (Å²) >= 11 is 0. The van der Waals surface area contributed by atoms with E-state index in [1.165, 1.54) is 11.1 Å². The summed E-state index contributed by atoms with van der Waals surface area (Å²) in [6, 6.07) is 21.3. The van der Waals surface area contributed by atoms with Crippen molar-refractivity contribution in [3.8, 4) is 11.3 Å². The highest BCUT2D eigenvalue weighted by Crippen LogP contribution is 2.24. The van der Waals surface area contributed by atoms with Gasteiger partial charge in [0.1, 0.15) is 0 Å². The molecule has 0 atom stereocenters. The minimum atomic E-state index is -0.114. The van der Waals surface area contributed by atoms with E-state index in [1.807, 2.05) is 16.8 Å². The van der Waals surface area contributed by atoms with Crippen molar-refractivity contribution in [3.05, 3.63) is 78.0 Å². The summed E-state index contributed by atoms with van der Waals surface area (Å²) in [6.45, 7) is 1.58. The van der Waals surface area contributed by atoms with Gasteiger partial charge in [0, 0.05) is 29.9 Å². The van der Waals surface area contributed by atoms with Crippen LogP contribution >= 0.6 is 0 Å². The molecule has 1 aliphatic carbocycles. The molecule has 2 aromatic carbocycles. The number of aromatic nitrogens is 2. The number of benzene rings is 2. The molecule has 0 amide bonds. The van der Waals surface area contributed by atoms with Crippen LogP contribution in [0.2, 0.25) is 0 Å². The molecule has 0 radical (unpaired) electrons. The molecule has 4 rings (SSSR count). The Morgan fingerprint density at radius 1 is 0.926 bits per heavy atom. The van der Waals surface area contributed by atoms with E-state index >= 15 is 0 Å². The predicted octanol–water partition coefficient (Wildman–Crippen LogP) is 3.99. The Hall–Kier alpha value is -2.43. The van der Waals surface area contributed by atoms with Crippen LogP contribution in [0.15, 0.2) is 66.9 Å². The fraction of sp³-hybridized carbons (Fsp3) is 0.348. The fourth-order valence-electron chi connectivity index (χ4n) is 3.82. The number of hydrogen-bond donors (Lipinski definition) is 2. The Labute approximate surface area is 160 Å². The van der Waals surface area contributed by atoms with E-state index in [2.05, 4.69) is 60.0 Å². The van der Waals surface area contributed by atoms with Crippen LogP contribution in [0, 0.1) is 0 Å². The Kier molecular flexibility index (Phi) is 5.66. The van der Waals surface area contributed by atoms with Gasteiger partial charge in [-0.3, -0.25) is 4.68 Å². The van der Waals surface area contributed by atoms with Crippen LogP contribution in [-0.2, 0) is 13.1 Å². The van der Waals surface area contributed by atoms with Gasteiger partial charge in [0.2, 0.25) is 0 Å². The molecule has 1 fully saturated rings. The maximum Gasteiger partial charge on any atom is 0.0968 e. The molecule has 0 bridgehead atoms. The lowest BCUT2D eigenvalue weighted by atomic mass is 9.93. The van der Waals surface area contributed by atoms with E-state index in [9.17, 15) is 5.11 Å². The van der Waals surface area contributed by atoms with Crippen LogP contribution in [0.1, 0.15) is 36.8 Å². The number of nitrogens with zero attached hydrogens (tertiary/aromatic N) is 2. The summed E-state index contributed by atoms with van der Waals surface area (Å²) in [6.07, 6.45) is 5.93. The second kappa shape index (κ2) is 8.51. The van der Waals surface area contributed by atoms with Gasteiger partial charge in [0.25, 0.3) is 0 Å². The van der Waals surface area contributed by atoms with Gasteiger partial charge >= 0.3 is 0 Å². The second-order valence-electron chi connectivity index (χ2n) is 7.44. The zero-order valence-corrected chi connectivity index (χ0v) is 15.6. The molecule has 0 unspecified atom stereocenters. The average Bonchev–Trinajstić information content (AvgIpc) is 3.12. The van der Waals surface area contributed by atoms with Gasteiger partial charge in [-0.05, 0) is 31.2 Å². The van der Waals surface area contributed by atoms with Crippen molar-refractivity contribution in [2.24, 2.45) is 0 Å². The van der Waals surface area contributed by atoms with Gasteiger partial charge < -0.3 is 10.4 Å². The molecule has 0 spiro atoms. The smallest absolute Gasteiger partial charge is 0.0968 e. The fourth-order valence-corrected chi connectivity index (χ4v) is 3.82. The van der Waals surface area contributed by atoms with Gasteiger partial charge in [0.15, 0.2) is 0 Å². The lowest BCUT2D eigenvalue weighted by Crippen LogP contribution is -2.34. The number of rotatable bonds is 6. The molecule has 3 aromatic rings. The highest BCUT2D eigenvalue weighted by Gasteiger charge is 2.20. The van der Waals surface area contributed by atoms with Crippen LogP contribution in [0.25, 0.3) is 11.3 Å². The van der Waals surface area contributed by atoms with Crippen LogP contribution < -0.4 is 5.32 Å². The molecular weight excluding hydrogens is 334 g/mol. The molecule has 1 heterocycles. The standard InChI is InChI=1S/C23H27N3O/c27-22-13-11-21(12-14-22)24-15-20-17-26(16-18-7-3-1-4-8-18)25-23(20)19-9-5-2-6-10-19/h1-10,17,21-22,24,27H,11-16H2. The maximum atomic E-state index is 9.71. The number of hydrogen-bond acceptors (Lipinski definition) is 3. The maximum absolute atomic E-state index is 9.71. The first-order valence-corrected chi connectivity index (χ1v) is 9.85. The number of aliphatic hydroxyl groups excluding tert-OH is 1. The Morgan fingerprint density at radius 2 is 1.59 bits per heavy atom. The van der Waals surface area contributed by atoms with Gasteiger partial charge in [0.05, 0.1) is 18.3 Å². The lowest BCUT2D eigenvalue weighted by molar-refractivity contribution is 0.116. The van der Waals surface area contributed by atoms with Crippen molar-refractivity contribution in [1.82, 2.24) is 15.1 Å². The van der Waals surface area contributed by atoms with Crippen LogP contribution in [0.5, 0.6) is 0 Å². The van der Waals surface area contributed by atoms with Crippen molar-refractivity contribution in [3.63, 3.8) is 0 Å². The summed E-state index contributed by atoms with van der Waals surface area (Å²) in [5.74, 6) is 0. The zero-order chi connectivity index (χ0) is 18.5. The van der Waals surface area contributed by atoms with E-state index in [4.69, 9.17) is 5.10 Å².